The third kappa shape index (κ3) is 4.09. The number of ketones is 1. The zero-order chi connectivity index (χ0) is 16.8. The summed E-state index contributed by atoms with van der Waals surface area (Å²) in [6.07, 6.45) is 2.04. The lowest BCUT2D eigenvalue weighted by Crippen LogP contribution is -2.24. The Morgan fingerprint density at radius 1 is 1.35 bits per heavy atom. The van der Waals surface area contributed by atoms with Crippen LogP contribution < -0.4 is 9.47 Å². The Bertz CT molecular complexity index is 652. The molecule has 0 saturated carbocycles. The third-order valence-electron chi connectivity index (χ3n) is 3.18. The van der Waals surface area contributed by atoms with E-state index in [0.29, 0.717) is 23.5 Å². The Balaban J connectivity index is 2.15. The summed E-state index contributed by atoms with van der Waals surface area (Å²) in [6.45, 7) is 1.63. The van der Waals surface area contributed by atoms with Gasteiger partial charge in [-0.1, -0.05) is 12.1 Å². The van der Waals surface area contributed by atoms with Crippen LogP contribution in [-0.4, -0.2) is 50.1 Å². The summed E-state index contributed by atoms with van der Waals surface area (Å²) >= 11 is 0. The van der Waals surface area contributed by atoms with E-state index in [1.807, 2.05) is 0 Å². The lowest BCUT2D eigenvalue weighted by Gasteiger charge is -2.11. The molecule has 0 atom stereocenters. The van der Waals surface area contributed by atoms with Gasteiger partial charge in [0.05, 0.1) is 6.54 Å². The fourth-order valence-electron chi connectivity index (χ4n) is 1.94. The van der Waals surface area contributed by atoms with Gasteiger partial charge in [0.25, 0.3) is 0 Å². The number of ether oxygens (including phenoxy) is 3. The minimum absolute atomic E-state index is 0.00516. The highest BCUT2D eigenvalue weighted by atomic mass is 16.7. The zero-order valence-corrected chi connectivity index (χ0v) is 12.9. The summed E-state index contributed by atoms with van der Waals surface area (Å²) in [5.41, 5.74) is 0.467. The molecule has 0 aromatic heterocycles. The fourth-order valence-corrected chi connectivity index (χ4v) is 1.94. The SMILES string of the molecule is CC(=O)C(=Cc1cccc2c1OCO2)C(=O)OCCN(C)C=O. The first-order valence-electron chi connectivity index (χ1n) is 6.97. The predicted octanol–water partition coefficient (Wildman–Crippen LogP) is 1.02. The Hall–Kier alpha value is -2.83. The summed E-state index contributed by atoms with van der Waals surface area (Å²) in [5, 5.41) is 0. The summed E-state index contributed by atoms with van der Waals surface area (Å²) in [4.78, 5) is 35.6. The first-order valence-corrected chi connectivity index (χ1v) is 6.97. The third-order valence-corrected chi connectivity index (χ3v) is 3.18. The molecule has 1 aromatic carbocycles. The van der Waals surface area contributed by atoms with Crippen LogP contribution in [0.5, 0.6) is 11.5 Å². The van der Waals surface area contributed by atoms with Crippen molar-refractivity contribution < 1.29 is 28.6 Å². The summed E-state index contributed by atoms with van der Waals surface area (Å²) in [6, 6.07) is 5.19. The van der Waals surface area contributed by atoms with E-state index in [1.54, 1.807) is 25.2 Å². The Morgan fingerprint density at radius 2 is 2.13 bits per heavy atom. The molecule has 0 radical (unpaired) electrons. The number of Topliss-reactive ketones (excluding diaryl/α,β-unsaturated/α-hetero) is 1. The Morgan fingerprint density at radius 3 is 2.83 bits per heavy atom. The molecule has 0 bridgehead atoms. The second-order valence-electron chi connectivity index (χ2n) is 4.92. The van der Waals surface area contributed by atoms with Crippen molar-refractivity contribution >= 4 is 24.2 Å². The zero-order valence-electron chi connectivity index (χ0n) is 12.9. The number of carbonyl (C=O) groups is 3. The van der Waals surface area contributed by atoms with Gasteiger partial charge in [-0.15, -0.1) is 0 Å². The van der Waals surface area contributed by atoms with Crippen LogP contribution in [0.15, 0.2) is 23.8 Å². The number of carbonyl (C=O) groups excluding carboxylic acids is 3. The van der Waals surface area contributed by atoms with Crippen molar-refractivity contribution in [3.8, 4) is 11.5 Å². The van der Waals surface area contributed by atoms with Crippen LogP contribution in [0.25, 0.3) is 6.08 Å². The van der Waals surface area contributed by atoms with Gasteiger partial charge in [0, 0.05) is 12.6 Å². The van der Waals surface area contributed by atoms with Crippen LogP contribution in [0.1, 0.15) is 12.5 Å². The van der Waals surface area contributed by atoms with Crippen molar-refractivity contribution in [1.29, 1.82) is 0 Å². The molecule has 0 spiro atoms. The van der Waals surface area contributed by atoms with E-state index >= 15 is 0 Å². The van der Waals surface area contributed by atoms with Crippen molar-refractivity contribution in [3.05, 3.63) is 29.3 Å². The lowest BCUT2D eigenvalue weighted by atomic mass is 10.1. The number of para-hydroxylation sites is 1. The molecule has 0 saturated heterocycles. The number of nitrogens with zero attached hydrogens (tertiary/aromatic N) is 1. The van der Waals surface area contributed by atoms with Crippen molar-refractivity contribution in [2.24, 2.45) is 0 Å². The number of likely N-dealkylation sites (N-methyl/N-ethyl adjacent to an activating group) is 1. The number of benzene rings is 1. The van der Waals surface area contributed by atoms with Crippen LogP contribution in [0.3, 0.4) is 0 Å². The molecule has 1 heterocycles. The molecule has 7 heteroatoms. The molecule has 1 aliphatic rings. The van der Waals surface area contributed by atoms with Crippen LogP contribution in [-0.2, 0) is 19.1 Å². The molecule has 0 fully saturated rings. The van der Waals surface area contributed by atoms with E-state index in [2.05, 4.69) is 0 Å². The molecular weight excluding hydrogens is 302 g/mol. The van der Waals surface area contributed by atoms with E-state index in [1.165, 1.54) is 17.9 Å². The van der Waals surface area contributed by atoms with Crippen LogP contribution in [0.2, 0.25) is 0 Å². The molecule has 0 aliphatic carbocycles. The lowest BCUT2D eigenvalue weighted by molar-refractivity contribution is -0.141. The number of hydrogen-bond acceptors (Lipinski definition) is 6. The molecule has 1 aliphatic heterocycles. The van der Waals surface area contributed by atoms with Crippen LogP contribution in [0, 0.1) is 0 Å². The Kier molecular flexibility index (Phi) is 5.35. The van der Waals surface area contributed by atoms with Crippen molar-refractivity contribution in [2.45, 2.75) is 6.92 Å². The highest BCUT2D eigenvalue weighted by Gasteiger charge is 2.20. The van der Waals surface area contributed by atoms with Gasteiger partial charge in [-0.3, -0.25) is 9.59 Å². The van der Waals surface area contributed by atoms with Gasteiger partial charge in [0.15, 0.2) is 17.3 Å². The number of hydrogen-bond donors (Lipinski definition) is 0. The molecule has 0 unspecified atom stereocenters. The van der Waals surface area contributed by atoms with Gasteiger partial charge >= 0.3 is 5.97 Å². The fraction of sp³-hybridized carbons (Fsp3) is 0.312. The molecule has 7 nitrogen and oxygen atoms in total. The molecule has 0 N–H and O–H groups in total. The smallest absolute Gasteiger partial charge is 0.341 e. The molecule has 1 amide bonds. The highest BCUT2D eigenvalue weighted by Crippen LogP contribution is 2.36. The quantitative estimate of drug-likeness (QED) is 0.245. The topological polar surface area (TPSA) is 82.1 Å². The largest absolute Gasteiger partial charge is 0.460 e. The summed E-state index contributed by atoms with van der Waals surface area (Å²) in [5.74, 6) is -0.119. The molecule has 1 aromatic rings. The van der Waals surface area contributed by atoms with Gasteiger partial charge in [0.2, 0.25) is 13.2 Å². The van der Waals surface area contributed by atoms with Crippen molar-refractivity contribution in [3.63, 3.8) is 0 Å². The first-order chi connectivity index (χ1) is 11.0. The van der Waals surface area contributed by atoms with E-state index in [4.69, 9.17) is 14.2 Å². The summed E-state index contributed by atoms with van der Waals surface area (Å²) < 4.78 is 15.6. The van der Waals surface area contributed by atoms with E-state index in [-0.39, 0.29) is 25.5 Å². The number of rotatable bonds is 7. The number of esters is 1. The average molecular weight is 319 g/mol. The highest BCUT2D eigenvalue weighted by molar-refractivity contribution is 6.20. The van der Waals surface area contributed by atoms with Gasteiger partial charge in [-0.25, -0.2) is 4.79 Å². The summed E-state index contributed by atoms with van der Waals surface area (Å²) in [7, 11) is 1.56. The maximum absolute atomic E-state index is 12.1. The van der Waals surface area contributed by atoms with Crippen LogP contribution in [0.4, 0.5) is 0 Å². The average Bonchev–Trinajstić information content (AvgIpc) is 3.01. The van der Waals surface area contributed by atoms with Crippen molar-refractivity contribution in [1.82, 2.24) is 4.90 Å². The van der Waals surface area contributed by atoms with Gasteiger partial charge in [-0.05, 0) is 19.1 Å². The Labute approximate surface area is 133 Å². The normalized spacial score (nSPS) is 12.7. The van der Waals surface area contributed by atoms with E-state index in [0.717, 1.165) is 0 Å². The molecular formula is C16H17NO6. The first kappa shape index (κ1) is 16.5. The monoisotopic (exact) mass is 319 g/mol. The maximum Gasteiger partial charge on any atom is 0.341 e. The molecule has 2 rings (SSSR count). The number of amides is 1. The minimum atomic E-state index is -0.742. The predicted molar refractivity (Wildman–Crippen MR) is 80.9 cm³/mol. The van der Waals surface area contributed by atoms with E-state index < -0.39 is 11.8 Å². The minimum Gasteiger partial charge on any atom is -0.460 e. The molecule has 23 heavy (non-hydrogen) atoms. The standard InChI is InChI=1S/C16H17NO6/c1-11(19)13(16(20)21-7-6-17(2)9-18)8-12-4-3-5-14-15(12)23-10-22-14/h3-5,8-9H,6-7,10H2,1-2H3. The van der Waals surface area contributed by atoms with Gasteiger partial charge in [-0.2, -0.15) is 0 Å². The van der Waals surface area contributed by atoms with Gasteiger partial charge in [0.1, 0.15) is 12.2 Å². The number of fused-ring (bicyclic) bond motifs is 1. The van der Waals surface area contributed by atoms with Gasteiger partial charge < -0.3 is 19.1 Å². The molecule has 122 valence electrons. The van der Waals surface area contributed by atoms with Crippen LogP contribution >= 0.6 is 0 Å². The second-order valence-corrected chi connectivity index (χ2v) is 4.92. The maximum atomic E-state index is 12.1. The second kappa shape index (κ2) is 7.44. The van der Waals surface area contributed by atoms with E-state index in [9.17, 15) is 14.4 Å². The van der Waals surface area contributed by atoms with Crippen molar-refractivity contribution in [2.75, 3.05) is 27.0 Å².